The van der Waals surface area contributed by atoms with Crippen molar-refractivity contribution >= 4 is 5.82 Å². The smallest absolute Gasteiger partial charge is 0.370 e. The van der Waals surface area contributed by atoms with E-state index in [2.05, 4.69) is 10.3 Å². The maximum absolute atomic E-state index is 12.2. The summed E-state index contributed by atoms with van der Waals surface area (Å²) in [6.45, 7) is -0.516. The number of aromatic nitrogens is 1. The molecule has 0 aliphatic carbocycles. The Morgan fingerprint density at radius 3 is 2.29 bits per heavy atom. The summed E-state index contributed by atoms with van der Waals surface area (Å²) in [6.07, 6.45) is -9.14. The maximum Gasteiger partial charge on any atom is 0.416 e. The number of anilines is 1. The van der Waals surface area contributed by atoms with Gasteiger partial charge in [0, 0.05) is 12.7 Å². The standard InChI is InChI=1S/C9H8F6N2/c10-8(11,12)2-4-17-7-5-6(1-3-16-7)9(13,14)15/h1,3,5H,2,4H2,(H,16,17). The number of hydrogen-bond acceptors (Lipinski definition) is 2. The Morgan fingerprint density at radius 2 is 1.76 bits per heavy atom. The van der Waals surface area contributed by atoms with Crippen LogP contribution in [-0.2, 0) is 6.18 Å². The van der Waals surface area contributed by atoms with Crippen LogP contribution in [-0.4, -0.2) is 17.7 Å². The molecule has 0 fully saturated rings. The molecule has 2 nitrogen and oxygen atoms in total. The van der Waals surface area contributed by atoms with E-state index in [0.717, 1.165) is 12.3 Å². The van der Waals surface area contributed by atoms with Crippen molar-refractivity contribution in [1.82, 2.24) is 4.98 Å². The number of nitrogens with zero attached hydrogens (tertiary/aromatic N) is 1. The van der Waals surface area contributed by atoms with Crippen molar-refractivity contribution in [3.63, 3.8) is 0 Å². The van der Waals surface area contributed by atoms with Crippen LogP contribution >= 0.6 is 0 Å². The van der Waals surface area contributed by atoms with E-state index in [1.165, 1.54) is 0 Å². The highest BCUT2D eigenvalue weighted by molar-refractivity contribution is 5.38. The highest BCUT2D eigenvalue weighted by Crippen LogP contribution is 2.30. The van der Waals surface area contributed by atoms with Crippen molar-refractivity contribution in [1.29, 1.82) is 0 Å². The molecule has 1 aromatic heterocycles. The van der Waals surface area contributed by atoms with E-state index in [1.54, 1.807) is 0 Å². The molecule has 0 radical (unpaired) electrons. The van der Waals surface area contributed by atoms with Crippen LogP contribution < -0.4 is 5.32 Å². The van der Waals surface area contributed by atoms with Gasteiger partial charge in [0.2, 0.25) is 0 Å². The normalized spacial score (nSPS) is 12.6. The minimum Gasteiger partial charge on any atom is -0.370 e. The van der Waals surface area contributed by atoms with E-state index in [9.17, 15) is 26.3 Å². The van der Waals surface area contributed by atoms with Crippen molar-refractivity contribution in [3.05, 3.63) is 23.9 Å². The second-order valence-electron chi connectivity index (χ2n) is 3.22. The Bertz CT molecular complexity index is 370. The fourth-order valence-corrected chi connectivity index (χ4v) is 1.04. The van der Waals surface area contributed by atoms with Crippen LogP contribution in [0, 0.1) is 0 Å². The summed E-state index contributed by atoms with van der Waals surface area (Å²) in [5.41, 5.74) is -0.956. The summed E-state index contributed by atoms with van der Waals surface area (Å²) in [4.78, 5) is 3.49. The Morgan fingerprint density at radius 1 is 1.12 bits per heavy atom. The topological polar surface area (TPSA) is 24.9 Å². The summed E-state index contributed by atoms with van der Waals surface area (Å²) >= 11 is 0. The van der Waals surface area contributed by atoms with Gasteiger partial charge >= 0.3 is 12.4 Å². The van der Waals surface area contributed by atoms with Crippen LogP contribution in [0.1, 0.15) is 12.0 Å². The molecule has 0 saturated carbocycles. The van der Waals surface area contributed by atoms with E-state index < -0.39 is 30.9 Å². The zero-order valence-corrected chi connectivity index (χ0v) is 8.36. The monoisotopic (exact) mass is 258 g/mol. The minimum atomic E-state index is -4.54. The molecule has 96 valence electrons. The first-order valence-electron chi connectivity index (χ1n) is 4.52. The number of rotatable bonds is 3. The predicted octanol–water partition coefficient (Wildman–Crippen LogP) is 3.46. The number of pyridine rings is 1. The van der Waals surface area contributed by atoms with Gasteiger partial charge in [0.1, 0.15) is 5.82 Å². The molecule has 0 aliphatic rings. The Labute approximate surface area is 92.7 Å². The number of halogens is 6. The first-order chi connectivity index (χ1) is 7.68. The third-order valence-electron chi connectivity index (χ3n) is 1.80. The molecule has 1 heterocycles. The van der Waals surface area contributed by atoms with Gasteiger partial charge in [-0.1, -0.05) is 0 Å². The summed E-state index contributed by atoms with van der Waals surface area (Å²) in [5, 5.41) is 2.18. The molecule has 17 heavy (non-hydrogen) atoms. The molecule has 0 unspecified atom stereocenters. The van der Waals surface area contributed by atoms with E-state index in [-0.39, 0.29) is 5.82 Å². The molecule has 0 spiro atoms. The number of hydrogen-bond donors (Lipinski definition) is 1. The van der Waals surface area contributed by atoms with Crippen LogP contribution in [0.3, 0.4) is 0 Å². The lowest BCUT2D eigenvalue weighted by Gasteiger charge is -2.10. The second-order valence-corrected chi connectivity index (χ2v) is 3.22. The number of alkyl halides is 6. The summed E-state index contributed by atoms with van der Waals surface area (Å²) in [6, 6.07) is 1.41. The van der Waals surface area contributed by atoms with Gasteiger partial charge in [0.05, 0.1) is 12.0 Å². The van der Waals surface area contributed by atoms with E-state index in [0.29, 0.717) is 6.07 Å². The zero-order valence-electron chi connectivity index (χ0n) is 8.36. The van der Waals surface area contributed by atoms with Gasteiger partial charge in [-0.25, -0.2) is 4.98 Å². The van der Waals surface area contributed by atoms with Crippen molar-refractivity contribution in [2.45, 2.75) is 18.8 Å². The van der Waals surface area contributed by atoms with Crippen LogP contribution in [0.25, 0.3) is 0 Å². The van der Waals surface area contributed by atoms with Crippen LogP contribution in [0.2, 0.25) is 0 Å². The van der Waals surface area contributed by atoms with E-state index in [4.69, 9.17) is 0 Å². The third-order valence-corrected chi connectivity index (χ3v) is 1.80. The molecule has 0 atom stereocenters. The quantitative estimate of drug-likeness (QED) is 0.840. The average Bonchev–Trinajstić information content (AvgIpc) is 2.15. The molecule has 0 amide bonds. The zero-order chi connectivity index (χ0) is 13.1. The largest absolute Gasteiger partial charge is 0.416 e. The van der Waals surface area contributed by atoms with Crippen molar-refractivity contribution < 1.29 is 26.3 Å². The van der Waals surface area contributed by atoms with Crippen molar-refractivity contribution in [3.8, 4) is 0 Å². The van der Waals surface area contributed by atoms with Gasteiger partial charge < -0.3 is 5.32 Å². The molecular formula is C9H8F6N2. The van der Waals surface area contributed by atoms with Gasteiger partial charge in [0.15, 0.2) is 0 Å². The fourth-order valence-electron chi connectivity index (χ4n) is 1.04. The third kappa shape index (κ3) is 4.92. The summed E-state index contributed by atoms with van der Waals surface area (Å²) in [7, 11) is 0. The molecule has 1 N–H and O–H groups in total. The Balaban J connectivity index is 2.61. The van der Waals surface area contributed by atoms with Crippen LogP contribution in [0.15, 0.2) is 18.3 Å². The van der Waals surface area contributed by atoms with Crippen LogP contribution in [0.4, 0.5) is 32.2 Å². The second kappa shape index (κ2) is 4.80. The van der Waals surface area contributed by atoms with Gasteiger partial charge in [0.25, 0.3) is 0 Å². The Kier molecular flexibility index (Phi) is 3.84. The minimum absolute atomic E-state index is 0.232. The average molecular weight is 258 g/mol. The van der Waals surface area contributed by atoms with Crippen molar-refractivity contribution in [2.75, 3.05) is 11.9 Å². The van der Waals surface area contributed by atoms with Gasteiger partial charge in [-0.3, -0.25) is 0 Å². The van der Waals surface area contributed by atoms with E-state index >= 15 is 0 Å². The lowest BCUT2D eigenvalue weighted by molar-refractivity contribution is -0.137. The molecule has 1 aromatic rings. The summed E-state index contributed by atoms with van der Waals surface area (Å²) < 4.78 is 72.1. The van der Waals surface area contributed by atoms with Gasteiger partial charge in [-0.05, 0) is 12.1 Å². The molecule has 1 rings (SSSR count). The lowest BCUT2D eigenvalue weighted by atomic mass is 10.2. The van der Waals surface area contributed by atoms with Gasteiger partial charge in [-0.2, -0.15) is 26.3 Å². The molecule has 0 aromatic carbocycles. The fraction of sp³-hybridized carbons (Fsp3) is 0.444. The molecular weight excluding hydrogens is 250 g/mol. The molecule has 8 heteroatoms. The SMILES string of the molecule is FC(F)(F)CCNc1cc(C(F)(F)F)ccn1. The summed E-state index contributed by atoms with van der Waals surface area (Å²) in [5.74, 6) is -0.232. The van der Waals surface area contributed by atoms with Crippen molar-refractivity contribution in [2.24, 2.45) is 0 Å². The van der Waals surface area contributed by atoms with Crippen LogP contribution in [0.5, 0.6) is 0 Å². The highest BCUT2D eigenvalue weighted by Gasteiger charge is 2.31. The Hall–Kier alpha value is -1.47. The first-order valence-corrected chi connectivity index (χ1v) is 4.52. The van der Waals surface area contributed by atoms with E-state index in [1.807, 2.05) is 0 Å². The molecule has 0 aliphatic heterocycles. The molecule has 0 bridgehead atoms. The number of nitrogens with one attached hydrogen (secondary N) is 1. The molecule has 0 saturated heterocycles. The predicted molar refractivity (Wildman–Crippen MR) is 48.4 cm³/mol. The highest BCUT2D eigenvalue weighted by atomic mass is 19.4. The maximum atomic E-state index is 12.2. The first kappa shape index (κ1) is 13.6. The lowest BCUT2D eigenvalue weighted by Crippen LogP contribution is -2.15. The van der Waals surface area contributed by atoms with Gasteiger partial charge in [-0.15, -0.1) is 0 Å².